The van der Waals surface area contributed by atoms with E-state index in [0.29, 0.717) is 6.54 Å². The highest BCUT2D eigenvalue weighted by Gasteiger charge is 2.17. The summed E-state index contributed by atoms with van der Waals surface area (Å²) in [7, 11) is 0. The molecule has 1 aromatic carbocycles. The lowest BCUT2D eigenvalue weighted by atomic mass is 10.1. The van der Waals surface area contributed by atoms with Crippen molar-refractivity contribution in [2.75, 3.05) is 32.8 Å². The average molecular weight is 369 g/mol. The standard InChI is InChI=1S/C16H22BrN3O2/c1-2-3-15(13-4-6-14(17)7-5-13)18-19-16(21)12-20-8-10-22-11-9-20/h4-7H,2-3,8-12H2,1H3,(H,19,21)/p+1/b18-15-. The van der Waals surface area contributed by atoms with Gasteiger partial charge in [-0.2, -0.15) is 5.10 Å². The van der Waals surface area contributed by atoms with E-state index < -0.39 is 0 Å². The summed E-state index contributed by atoms with van der Waals surface area (Å²) in [6.45, 7) is 5.77. The molecule has 1 aromatic rings. The van der Waals surface area contributed by atoms with Crippen molar-refractivity contribution >= 4 is 27.5 Å². The van der Waals surface area contributed by atoms with Crippen LogP contribution in [0.3, 0.4) is 0 Å². The molecule has 1 aliphatic rings. The van der Waals surface area contributed by atoms with E-state index in [0.717, 1.165) is 54.9 Å². The van der Waals surface area contributed by atoms with Crippen molar-refractivity contribution in [2.24, 2.45) is 5.10 Å². The monoisotopic (exact) mass is 368 g/mol. The minimum Gasteiger partial charge on any atom is -0.370 e. The summed E-state index contributed by atoms with van der Waals surface area (Å²) in [5.41, 5.74) is 4.67. The van der Waals surface area contributed by atoms with E-state index in [4.69, 9.17) is 4.74 Å². The maximum Gasteiger partial charge on any atom is 0.295 e. The second-order valence-corrected chi connectivity index (χ2v) is 6.31. The van der Waals surface area contributed by atoms with E-state index in [9.17, 15) is 4.79 Å². The molecule has 0 unspecified atom stereocenters. The maximum atomic E-state index is 12.0. The fourth-order valence-corrected chi connectivity index (χ4v) is 2.64. The summed E-state index contributed by atoms with van der Waals surface area (Å²) in [6, 6.07) is 8.00. The fraction of sp³-hybridized carbons (Fsp3) is 0.500. The second kappa shape index (κ2) is 9.02. The first kappa shape index (κ1) is 17.1. The van der Waals surface area contributed by atoms with Crippen molar-refractivity contribution < 1.29 is 14.4 Å². The van der Waals surface area contributed by atoms with Gasteiger partial charge in [-0.25, -0.2) is 5.43 Å². The van der Waals surface area contributed by atoms with Crippen LogP contribution in [0.4, 0.5) is 0 Å². The molecule has 0 aliphatic carbocycles. The molecule has 1 amide bonds. The maximum absolute atomic E-state index is 12.0. The number of rotatable bonds is 6. The molecule has 6 heteroatoms. The van der Waals surface area contributed by atoms with Crippen molar-refractivity contribution in [3.8, 4) is 0 Å². The highest BCUT2D eigenvalue weighted by Crippen LogP contribution is 2.13. The van der Waals surface area contributed by atoms with Gasteiger partial charge in [0.25, 0.3) is 5.91 Å². The van der Waals surface area contributed by atoms with E-state index >= 15 is 0 Å². The van der Waals surface area contributed by atoms with Crippen LogP contribution in [0, 0.1) is 0 Å². The van der Waals surface area contributed by atoms with Gasteiger partial charge >= 0.3 is 0 Å². The van der Waals surface area contributed by atoms with Gasteiger partial charge in [-0.3, -0.25) is 4.79 Å². The molecule has 1 fully saturated rings. The molecule has 0 aromatic heterocycles. The van der Waals surface area contributed by atoms with Crippen LogP contribution in [-0.2, 0) is 9.53 Å². The predicted molar refractivity (Wildman–Crippen MR) is 90.1 cm³/mol. The number of nitrogens with one attached hydrogen (secondary N) is 2. The summed E-state index contributed by atoms with van der Waals surface area (Å²) < 4.78 is 6.33. The van der Waals surface area contributed by atoms with Gasteiger partial charge in [-0.1, -0.05) is 41.4 Å². The van der Waals surface area contributed by atoms with Gasteiger partial charge in [0.1, 0.15) is 13.1 Å². The Bertz CT molecular complexity index is 511. The zero-order valence-electron chi connectivity index (χ0n) is 12.9. The molecule has 0 radical (unpaired) electrons. The molecular formula is C16H23BrN3O2+. The number of benzene rings is 1. The molecule has 1 aliphatic heterocycles. The lowest BCUT2D eigenvalue weighted by molar-refractivity contribution is -0.900. The van der Waals surface area contributed by atoms with Crippen molar-refractivity contribution in [2.45, 2.75) is 19.8 Å². The summed E-state index contributed by atoms with van der Waals surface area (Å²) in [5.74, 6) is -0.0392. The summed E-state index contributed by atoms with van der Waals surface area (Å²) >= 11 is 3.43. The van der Waals surface area contributed by atoms with Crippen molar-refractivity contribution in [3.63, 3.8) is 0 Å². The molecular weight excluding hydrogens is 346 g/mol. The van der Waals surface area contributed by atoms with E-state index in [1.165, 1.54) is 4.90 Å². The molecule has 5 nitrogen and oxygen atoms in total. The number of hydrogen-bond acceptors (Lipinski definition) is 3. The number of halogens is 1. The van der Waals surface area contributed by atoms with E-state index in [2.05, 4.69) is 33.4 Å². The molecule has 22 heavy (non-hydrogen) atoms. The van der Waals surface area contributed by atoms with Crippen molar-refractivity contribution in [1.82, 2.24) is 5.43 Å². The van der Waals surface area contributed by atoms with Crippen LogP contribution in [0.2, 0.25) is 0 Å². The highest BCUT2D eigenvalue weighted by molar-refractivity contribution is 9.10. The zero-order chi connectivity index (χ0) is 15.8. The fourth-order valence-electron chi connectivity index (χ4n) is 2.38. The third-order valence-electron chi connectivity index (χ3n) is 3.59. The van der Waals surface area contributed by atoms with E-state index in [1.54, 1.807) is 0 Å². The third-order valence-corrected chi connectivity index (χ3v) is 4.12. The quantitative estimate of drug-likeness (QED) is 0.580. The van der Waals surface area contributed by atoms with Crippen LogP contribution in [0.15, 0.2) is 33.8 Å². The molecule has 1 heterocycles. The molecule has 0 bridgehead atoms. The van der Waals surface area contributed by atoms with Crippen LogP contribution in [0.1, 0.15) is 25.3 Å². The molecule has 120 valence electrons. The van der Waals surface area contributed by atoms with Gasteiger partial charge in [0.2, 0.25) is 0 Å². The molecule has 1 saturated heterocycles. The highest BCUT2D eigenvalue weighted by atomic mass is 79.9. The second-order valence-electron chi connectivity index (χ2n) is 5.39. The van der Waals surface area contributed by atoms with Gasteiger partial charge in [0.15, 0.2) is 6.54 Å². The van der Waals surface area contributed by atoms with Crippen LogP contribution >= 0.6 is 15.9 Å². The van der Waals surface area contributed by atoms with Gasteiger partial charge in [0, 0.05) is 4.47 Å². The normalized spacial score (nSPS) is 16.5. The van der Waals surface area contributed by atoms with Gasteiger partial charge < -0.3 is 9.64 Å². The molecule has 0 atom stereocenters. The van der Waals surface area contributed by atoms with E-state index in [-0.39, 0.29) is 5.91 Å². The number of hydrazone groups is 1. The SMILES string of the molecule is CCC/C(=N/NC(=O)C[NH+]1CCOCC1)c1ccc(Br)cc1. The smallest absolute Gasteiger partial charge is 0.295 e. The molecule has 2 N–H and O–H groups in total. The predicted octanol–water partition coefficient (Wildman–Crippen LogP) is 0.985. The van der Waals surface area contributed by atoms with Crippen LogP contribution in [0.5, 0.6) is 0 Å². The largest absolute Gasteiger partial charge is 0.370 e. The Morgan fingerprint density at radius 3 is 2.64 bits per heavy atom. The van der Waals surface area contributed by atoms with Gasteiger partial charge in [-0.15, -0.1) is 0 Å². The Kier molecular flexibility index (Phi) is 7.02. The van der Waals surface area contributed by atoms with Crippen molar-refractivity contribution in [3.05, 3.63) is 34.3 Å². The Hall–Kier alpha value is -1.24. The Morgan fingerprint density at radius 1 is 1.32 bits per heavy atom. The summed E-state index contributed by atoms with van der Waals surface area (Å²) in [6.07, 6.45) is 1.83. The third kappa shape index (κ3) is 5.51. The van der Waals surface area contributed by atoms with Gasteiger partial charge in [0.05, 0.1) is 18.9 Å². The number of amides is 1. The number of nitrogens with zero attached hydrogens (tertiary/aromatic N) is 1. The lowest BCUT2D eigenvalue weighted by Crippen LogP contribution is -3.15. The number of ether oxygens (including phenoxy) is 1. The number of carbonyl (C=O) groups excluding carboxylic acids is 1. The lowest BCUT2D eigenvalue weighted by Gasteiger charge is -2.22. The number of quaternary nitrogens is 1. The Labute approximate surface area is 139 Å². The first-order chi connectivity index (χ1) is 10.7. The Balaban J connectivity index is 1.94. The number of morpholine rings is 1. The average Bonchev–Trinajstić information content (AvgIpc) is 2.53. The van der Waals surface area contributed by atoms with Crippen LogP contribution < -0.4 is 10.3 Å². The molecule has 0 saturated carbocycles. The zero-order valence-corrected chi connectivity index (χ0v) is 14.5. The van der Waals surface area contributed by atoms with Crippen LogP contribution in [-0.4, -0.2) is 44.5 Å². The number of hydrogen-bond donors (Lipinski definition) is 2. The minimum absolute atomic E-state index is 0.0392. The summed E-state index contributed by atoms with van der Waals surface area (Å²) in [5, 5.41) is 4.34. The number of carbonyl (C=O) groups is 1. The van der Waals surface area contributed by atoms with Gasteiger partial charge in [-0.05, 0) is 24.1 Å². The first-order valence-electron chi connectivity index (χ1n) is 7.71. The topological polar surface area (TPSA) is 55.1 Å². The minimum atomic E-state index is -0.0392. The Morgan fingerprint density at radius 2 is 2.00 bits per heavy atom. The van der Waals surface area contributed by atoms with E-state index in [1.807, 2.05) is 24.3 Å². The summed E-state index contributed by atoms with van der Waals surface area (Å²) in [4.78, 5) is 13.3. The molecule has 0 spiro atoms. The molecule has 2 rings (SSSR count). The van der Waals surface area contributed by atoms with Crippen LogP contribution in [0.25, 0.3) is 0 Å². The first-order valence-corrected chi connectivity index (χ1v) is 8.51. The van der Waals surface area contributed by atoms with Crippen molar-refractivity contribution in [1.29, 1.82) is 0 Å².